The molecule has 0 aromatic rings. The van der Waals surface area contributed by atoms with Crippen LogP contribution in [0.25, 0.3) is 0 Å². The molecule has 2 amide bonds. The molecule has 1 aliphatic rings. The molecule has 5 nitrogen and oxygen atoms in total. The summed E-state index contributed by atoms with van der Waals surface area (Å²) in [6.07, 6.45) is 2.78. The third kappa shape index (κ3) is 6.93. The predicted octanol–water partition coefficient (Wildman–Crippen LogP) is 1.29. The number of hydrogen-bond donors (Lipinski definition) is 3. The molecule has 0 radical (unpaired) electrons. The van der Waals surface area contributed by atoms with Crippen molar-refractivity contribution in [2.75, 3.05) is 19.6 Å². The van der Waals surface area contributed by atoms with Gasteiger partial charge in [-0.2, -0.15) is 0 Å². The normalized spacial score (nSPS) is 20.4. The summed E-state index contributed by atoms with van der Waals surface area (Å²) >= 11 is 0. The molecule has 1 heterocycles. The second kappa shape index (κ2) is 9.03. The average molecular weight is 297 g/mol. The summed E-state index contributed by atoms with van der Waals surface area (Å²) in [5, 5.41) is 9.21. The maximum Gasteiger partial charge on any atom is 0.242 e. The highest BCUT2D eigenvalue weighted by atomic mass is 16.2. The van der Waals surface area contributed by atoms with E-state index in [4.69, 9.17) is 0 Å². The van der Waals surface area contributed by atoms with Crippen LogP contribution < -0.4 is 16.0 Å². The Kier molecular flexibility index (Phi) is 7.72. The Hall–Kier alpha value is -1.10. The first-order valence-electron chi connectivity index (χ1n) is 8.18. The maximum atomic E-state index is 12.3. The SMILES string of the molecule is CC(C)CC(=O)NC(C(=O)NCC1CCCNC1)C(C)C. The van der Waals surface area contributed by atoms with Crippen LogP contribution in [0.2, 0.25) is 0 Å². The van der Waals surface area contributed by atoms with Crippen LogP contribution in [0.5, 0.6) is 0 Å². The third-order valence-corrected chi connectivity index (χ3v) is 3.82. The second-order valence-corrected chi connectivity index (χ2v) is 6.84. The summed E-state index contributed by atoms with van der Waals surface area (Å²) in [6.45, 7) is 10.6. The Balaban J connectivity index is 2.43. The van der Waals surface area contributed by atoms with Crippen molar-refractivity contribution in [3.05, 3.63) is 0 Å². The van der Waals surface area contributed by atoms with E-state index in [2.05, 4.69) is 16.0 Å². The Bertz CT molecular complexity index is 336. The molecule has 1 aliphatic heterocycles. The van der Waals surface area contributed by atoms with Crippen molar-refractivity contribution in [1.82, 2.24) is 16.0 Å². The molecule has 21 heavy (non-hydrogen) atoms. The standard InChI is InChI=1S/C16H31N3O2/c1-11(2)8-14(20)19-15(12(3)4)16(21)18-10-13-6-5-7-17-9-13/h11-13,15,17H,5-10H2,1-4H3,(H,18,21)(H,19,20). The maximum absolute atomic E-state index is 12.3. The number of carbonyl (C=O) groups excluding carboxylic acids is 2. The van der Waals surface area contributed by atoms with E-state index in [9.17, 15) is 9.59 Å². The van der Waals surface area contributed by atoms with Gasteiger partial charge < -0.3 is 16.0 Å². The number of nitrogens with one attached hydrogen (secondary N) is 3. The minimum absolute atomic E-state index is 0.0433. The molecule has 0 bridgehead atoms. The summed E-state index contributed by atoms with van der Waals surface area (Å²) in [4.78, 5) is 24.2. The van der Waals surface area contributed by atoms with Crippen molar-refractivity contribution < 1.29 is 9.59 Å². The van der Waals surface area contributed by atoms with E-state index in [1.165, 1.54) is 6.42 Å². The number of amides is 2. The molecule has 3 N–H and O–H groups in total. The Morgan fingerprint density at radius 1 is 1.24 bits per heavy atom. The lowest BCUT2D eigenvalue weighted by Gasteiger charge is -2.26. The molecule has 2 unspecified atom stereocenters. The highest BCUT2D eigenvalue weighted by molar-refractivity contribution is 5.87. The zero-order valence-corrected chi connectivity index (χ0v) is 13.9. The summed E-state index contributed by atoms with van der Waals surface area (Å²) < 4.78 is 0. The highest BCUT2D eigenvalue weighted by Gasteiger charge is 2.25. The van der Waals surface area contributed by atoms with Gasteiger partial charge in [-0.05, 0) is 43.7 Å². The van der Waals surface area contributed by atoms with Crippen molar-refractivity contribution in [3.8, 4) is 0 Å². The Morgan fingerprint density at radius 3 is 2.48 bits per heavy atom. The number of rotatable bonds is 7. The molecular formula is C16H31N3O2. The van der Waals surface area contributed by atoms with Crippen LogP contribution in [0.4, 0.5) is 0 Å². The first-order chi connectivity index (χ1) is 9.90. The fourth-order valence-corrected chi connectivity index (χ4v) is 2.59. The third-order valence-electron chi connectivity index (χ3n) is 3.82. The molecule has 1 saturated heterocycles. The lowest BCUT2D eigenvalue weighted by Crippen LogP contribution is -2.51. The largest absolute Gasteiger partial charge is 0.354 e. The van der Waals surface area contributed by atoms with Gasteiger partial charge in [-0.25, -0.2) is 0 Å². The van der Waals surface area contributed by atoms with Gasteiger partial charge in [0.25, 0.3) is 0 Å². The van der Waals surface area contributed by atoms with Gasteiger partial charge in [0.2, 0.25) is 11.8 Å². The van der Waals surface area contributed by atoms with E-state index in [1.54, 1.807) is 0 Å². The molecule has 0 aliphatic carbocycles. The van der Waals surface area contributed by atoms with Gasteiger partial charge in [-0.1, -0.05) is 27.7 Å². The molecule has 0 aromatic carbocycles. The zero-order chi connectivity index (χ0) is 15.8. The molecule has 1 fully saturated rings. The minimum atomic E-state index is -0.437. The fourth-order valence-electron chi connectivity index (χ4n) is 2.59. The monoisotopic (exact) mass is 297 g/mol. The van der Waals surface area contributed by atoms with E-state index in [-0.39, 0.29) is 17.7 Å². The molecule has 0 spiro atoms. The number of piperidine rings is 1. The van der Waals surface area contributed by atoms with Gasteiger partial charge in [-0.3, -0.25) is 9.59 Å². The average Bonchev–Trinajstić information content (AvgIpc) is 2.42. The highest BCUT2D eigenvalue weighted by Crippen LogP contribution is 2.09. The summed E-state index contributed by atoms with van der Waals surface area (Å²) in [5.41, 5.74) is 0. The molecule has 1 rings (SSSR count). The van der Waals surface area contributed by atoms with Crippen LogP contribution in [-0.4, -0.2) is 37.5 Å². The van der Waals surface area contributed by atoms with E-state index < -0.39 is 6.04 Å². The lowest BCUT2D eigenvalue weighted by molar-refractivity contribution is -0.130. The van der Waals surface area contributed by atoms with Crippen LogP contribution in [0.3, 0.4) is 0 Å². The lowest BCUT2D eigenvalue weighted by atomic mass is 9.98. The van der Waals surface area contributed by atoms with Gasteiger partial charge >= 0.3 is 0 Å². The molecule has 5 heteroatoms. The van der Waals surface area contributed by atoms with Gasteiger partial charge in [0.1, 0.15) is 6.04 Å². The van der Waals surface area contributed by atoms with Gasteiger partial charge in [-0.15, -0.1) is 0 Å². The zero-order valence-electron chi connectivity index (χ0n) is 13.9. The molecular weight excluding hydrogens is 266 g/mol. The summed E-state index contributed by atoms with van der Waals surface area (Å²) in [5.74, 6) is 0.785. The fraction of sp³-hybridized carbons (Fsp3) is 0.875. The molecule has 2 atom stereocenters. The Morgan fingerprint density at radius 2 is 1.95 bits per heavy atom. The van der Waals surface area contributed by atoms with Crippen LogP contribution in [0.15, 0.2) is 0 Å². The molecule has 0 saturated carbocycles. The van der Waals surface area contributed by atoms with E-state index in [0.717, 1.165) is 19.5 Å². The van der Waals surface area contributed by atoms with Gasteiger partial charge in [0, 0.05) is 13.0 Å². The van der Waals surface area contributed by atoms with Crippen LogP contribution in [0, 0.1) is 17.8 Å². The van der Waals surface area contributed by atoms with Crippen LogP contribution in [-0.2, 0) is 9.59 Å². The smallest absolute Gasteiger partial charge is 0.242 e. The van der Waals surface area contributed by atoms with Crippen LogP contribution >= 0.6 is 0 Å². The predicted molar refractivity (Wildman–Crippen MR) is 84.8 cm³/mol. The van der Waals surface area contributed by atoms with Crippen molar-refractivity contribution in [1.29, 1.82) is 0 Å². The summed E-state index contributed by atoms with van der Waals surface area (Å²) in [7, 11) is 0. The van der Waals surface area contributed by atoms with Gasteiger partial charge in [0.05, 0.1) is 0 Å². The summed E-state index contributed by atoms with van der Waals surface area (Å²) in [6, 6.07) is -0.437. The van der Waals surface area contributed by atoms with Crippen molar-refractivity contribution in [2.45, 2.75) is 53.0 Å². The van der Waals surface area contributed by atoms with Crippen molar-refractivity contribution in [2.24, 2.45) is 17.8 Å². The number of hydrogen-bond acceptors (Lipinski definition) is 3. The Labute approximate surface area is 128 Å². The minimum Gasteiger partial charge on any atom is -0.354 e. The number of carbonyl (C=O) groups is 2. The topological polar surface area (TPSA) is 70.2 Å². The quantitative estimate of drug-likeness (QED) is 0.663. The first-order valence-corrected chi connectivity index (χ1v) is 8.18. The molecule has 122 valence electrons. The van der Waals surface area contributed by atoms with Gasteiger partial charge in [0.15, 0.2) is 0 Å². The van der Waals surface area contributed by atoms with Crippen LogP contribution in [0.1, 0.15) is 47.0 Å². The van der Waals surface area contributed by atoms with Crippen molar-refractivity contribution in [3.63, 3.8) is 0 Å². The van der Waals surface area contributed by atoms with E-state index in [0.29, 0.717) is 24.8 Å². The van der Waals surface area contributed by atoms with Crippen molar-refractivity contribution >= 4 is 11.8 Å². The first kappa shape index (κ1) is 18.0. The molecule has 0 aromatic heterocycles. The van der Waals surface area contributed by atoms with E-state index in [1.807, 2.05) is 27.7 Å². The van der Waals surface area contributed by atoms with E-state index >= 15 is 0 Å². The second-order valence-electron chi connectivity index (χ2n) is 6.84.